The number of carboxylic acids is 1. The van der Waals surface area contributed by atoms with E-state index in [2.05, 4.69) is 5.10 Å². The normalized spacial score (nSPS) is 10.5. The Kier molecular flexibility index (Phi) is 3.33. The van der Waals surface area contributed by atoms with Gasteiger partial charge < -0.3 is 10.2 Å². The Bertz CT molecular complexity index is 725. The summed E-state index contributed by atoms with van der Waals surface area (Å²) in [4.78, 5) is 20.9. The summed E-state index contributed by atoms with van der Waals surface area (Å²) in [6.07, 6.45) is 1.09. The van der Waals surface area contributed by atoms with Crippen LogP contribution in [0, 0.1) is 17.0 Å². The largest absolute Gasteiger partial charge is 0.504 e. The summed E-state index contributed by atoms with van der Waals surface area (Å²) in [5.41, 5.74) is 0.0190. The van der Waals surface area contributed by atoms with Gasteiger partial charge >= 0.3 is 5.97 Å². The molecule has 0 amide bonds. The van der Waals surface area contributed by atoms with Gasteiger partial charge in [-0.05, 0) is 18.6 Å². The number of nitrogens with zero attached hydrogens (tertiary/aromatic N) is 3. The predicted molar refractivity (Wildman–Crippen MR) is 68.6 cm³/mol. The minimum Gasteiger partial charge on any atom is -0.504 e. The molecule has 0 atom stereocenters. The quantitative estimate of drug-likeness (QED) is 0.662. The Morgan fingerprint density at radius 2 is 2.15 bits per heavy atom. The molecule has 8 nitrogen and oxygen atoms in total. The van der Waals surface area contributed by atoms with Crippen LogP contribution in [-0.4, -0.2) is 30.9 Å². The Balaban J connectivity index is 2.59. The van der Waals surface area contributed by atoms with Gasteiger partial charge in [-0.15, -0.1) is 0 Å². The first kappa shape index (κ1) is 13.8. The summed E-state index contributed by atoms with van der Waals surface area (Å²) < 4.78 is 1.10. The van der Waals surface area contributed by atoms with Crippen molar-refractivity contribution in [1.29, 1.82) is 0 Å². The average Bonchev–Trinajstić information content (AvgIpc) is 2.73. The number of aromatic carboxylic acids is 1. The lowest BCUT2D eigenvalue weighted by Gasteiger charge is -2.06. The molecule has 20 heavy (non-hydrogen) atoms. The minimum absolute atomic E-state index is 0.109. The summed E-state index contributed by atoms with van der Waals surface area (Å²) in [5, 5.41) is 32.6. The number of hydrogen-bond donors (Lipinski definition) is 2. The monoisotopic (exact) mass is 297 g/mol. The van der Waals surface area contributed by atoms with E-state index >= 15 is 0 Å². The highest BCUT2D eigenvalue weighted by atomic mass is 35.5. The summed E-state index contributed by atoms with van der Waals surface area (Å²) in [5.74, 6) is -1.89. The molecule has 0 aliphatic carbocycles. The maximum absolute atomic E-state index is 10.8. The van der Waals surface area contributed by atoms with Gasteiger partial charge in [0, 0.05) is 6.07 Å². The van der Waals surface area contributed by atoms with Gasteiger partial charge in [0.25, 0.3) is 5.69 Å². The van der Waals surface area contributed by atoms with Gasteiger partial charge in [0.15, 0.2) is 5.75 Å². The molecular weight excluding hydrogens is 290 g/mol. The molecule has 1 heterocycles. The van der Waals surface area contributed by atoms with E-state index in [-0.39, 0.29) is 10.7 Å². The summed E-state index contributed by atoms with van der Waals surface area (Å²) in [6, 6.07) is 2.53. The van der Waals surface area contributed by atoms with Crippen LogP contribution in [-0.2, 0) is 0 Å². The van der Waals surface area contributed by atoms with E-state index in [1.54, 1.807) is 6.92 Å². The fourth-order valence-corrected chi connectivity index (χ4v) is 1.91. The fraction of sp³-hybridized carbons (Fsp3) is 0.0909. The smallest absolute Gasteiger partial charge is 0.360 e. The Morgan fingerprint density at radius 3 is 2.65 bits per heavy atom. The van der Waals surface area contributed by atoms with Crippen LogP contribution in [0.5, 0.6) is 5.75 Å². The molecule has 9 heteroatoms. The van der Waals surface area contributed by atoms with Crippen molar-refractivity contribution in [3.63, 3.8) is 0 Å². The van der Waals surface area contributed by atoms with E-state index in [1.807, 2.05) is 0 Å². The molecule has 0 radical (unpaired) electrons. The van der Waals surface area contributed by atoms with Crippen molar-refractivity contribution in [3.05, 3.63) is 44.7 Å². The van der Waals surface area contributed by atoms with Crippen LogP contribution in [0.4, 0.5) is 5.69 Å². The molecule has 0 saturated carbocycles. The first-order valence-electron chi connectivity index (χ1n) is 5.28. The van der Waals surface area contributed by atoms with Crippen molar-refractivity contribution in [2.75, 3.05) is 0 Å². The van der Waals surface area contributed by atoms with Gasteiger partial charge in [0.05, 0.1) is 16.8 Å². The van der Waals surface area contributed by atoms with Gasteiger partial charge in [0.2, 0.25) is 5.69 Å². The maximum Gasteiger partial charge on any atom is 0.360 e. The number of nitro groups is 1. The number of hydrogen-bond acceptors (Lipinski definition) is 5. The molecular formula is C11H8ClN3O5. The summed E-state index contributed by atoms with van der Waals surface area (Å²) >= 11 is 5.79. The third-order valence-corrected chi connectivity index (χ3v) is 2.91. The van der Waals surface area contributed by atoms with Gasteiger partial charge in [-0.2, -0.15) is 5.10 Å². The molecule has 104 valence electrons. The predicted octanol–water partition coefficient (Wildman–Crippen LogP) is 2.15. The van der Waals surface area contributed by atoms with Crippen molar-refractivity contribution in [3.8, 4) is 11.4 Å². The number of carboxylic acid groups (broad SMARTS) is 1. The highest BCUT2D eigenvalue weighted by molar-refractivity contribution is 6.32. The van der Waals surface area contributed by atoms with Crippen LogP contribution >= 0.6 is 11.6 Å². The van der Waals surface area contributed by atoms with Gasteiger partial charge in [-0.3, -0.25) is 10.1 Å². The number of carbonyl (C=O) groups is 1. The summed E-state index contributed by atoms with van der Waals surface area (Å²) in [7, 11) is 0. The number of aromatic nitrogens is 2. The number of nitro benzene ring substituents is 1. The third-order valence-electron chi connectivity index (χ3n) is 2.61. The van der Waals surface area contributed by atoms with Crippen molar-refractivity contribution in [1.82, 2.24) is 9.78 Å². The van der Waals surface area contributed by atoms with Crippen LogP contribution < -0.4 is 0 Å². The molecule has 2 aromatic rings. The lowest BCUT2D eigenvalue weighted by Crippen LogP contribution is -2.03. The number of halogens is 1. The number of rotatable bonds is 3. The van der Waals surface area contributed by atoms with Crippen molar-refractivity contribution >= 4 is 23.3 Å². The van der Waals surface area contributed by atoms with E-state index in [1.165, 1.54) is 12.1 Å². The second-order valence-corrected chi connectivity index (χ2v) is 4.37. The molecule has 1 aromatic carbocycles. The second-order valence-electron chi connectivity index (χ2n) is 3.96. The highest BCUT2D eigenvalue weighted by Crippen LogP contribution is 2.30. The van der Waals surface area contributed by atoms with Crippen molar-refractivity contribution in [2.45, 2.75) is 6.92 Å². The van der Waals surface area contributed by atoms with Crippen LogP contribution in [0.15, 0.2) is 18.3 Å². The van der Waals surface area contributed by atoms with E-state index in [9.17, 15) is 20.0 Å². The van der Waals surface area contributed by atoms with E-state index < -0.39 is 22.3 Å². The Labute approximate surface area is 117 Å². The van der Waals surface area contributed by atoms with E-state index in [4.69, 9.17) is 16.7 Å². The SMILES string of the molecule is Cc1cc([N+](=O)[O-])c(Cl)cc1-n1cc(O)c(C(=O)O)n1. The van der Waals surface area contributed by atoms with Gasteiger partial charge in [-0.25, -0.2) is 9.48 Å². The van der Waals surface area contributed by atoms with Crippen molar-refractivity contribution in [2.24, 2.45) is 0 Å². The number of aromatic hydroxyl groups is 1. The van der Waals surface area contributed by atoms with E-state index in [0.29, 0.717) is 11.3 Å². The maximum atomic E-state index is 10.8. The topological polar surface area (TPSA) is 118 Å². The molecule has 0 fully saturated rings. The molecule has 1 aromatic heterocycles. The zero-order valence-corrected chi connectivity index (χ0v) is 10.8. The molecule has 2 rings (SSSR count). The Hall–Kier alpha value is -2.61. The molecule has 0 unspecified atom stereocenters. The van der Waals surface area contributed by atoms with E-state index in [0.717, 1.165) is 10.9 Å². The van der Waals surface area contributed by atoms with Crippen LogP contribution in [0.2, 0.25) is 5.02 Å². The van der Waals surface area contributed by atoms with Gasteiger partial charge in [0.1, 0.15) is 5.02 Å². The third kappa shape index (κ3) is 2.28. The van der Waals surface area contributed by atoms with Crippen LogP contribution in [0.25, 0.3) is 5.69 Å². The molecule has 2 N–H and O–H groups in total. The van der Waals surface area contributed by atoms with Gasteiger partial charge in [-0.1, -0.05) is 11.6 Å². The lowest BCUT2D eigenvalue weighted by atomic mass is 10.2. The standard InChI is InChI=1S/C11H8ClN3O5/c1-5-2-8(15(19)20)6(12)3-7(5)14-4-9(16)10(13-14)11(17)18/h2-4,16H,1H3,(H,17,18). The minimum atomic E-state index is -1.38. The second kappa shape index (κ2) is 4.82. The number of aryl methyl sites for hydroxylation is 1. The average molecular weight is 298 g/mol. The lowest BCUT2D eigenvalue weighted by molar-refractivity contribution is -0.384. The molecule has 0 aliphatic heterocycles. The summed E-state index contributed by atoms with van der Waals surface area (Å²) in [6.45, 7) is 1.58. The first-order chi connectivity index (χ1) is 9.31. The Morgan fingerprint density at radius 1 is 1.50 bits per heavy atom. The molecule has 0 spiro atoms. The fourth-order valence-electron chi connectivity index (χ4n) is 1.68. The first-order valence-corrected chi connectivity index (χ1v) is 5.66. The van der Waals surface area contributed by atoms with Crippen LogP contribution in [0.1, 0.15) is 16.1 Å². The molecule has 0 aliphatic rings. The van der Waals surface area contributed by atoms with Crippen LogP contribution in [0.3, 0.4) is 0 Å². The number of benzene rings is 1. The van der Waals surface area contributed by atoms with Crippen molar-refractivity contribution < 1.29 is 19.9 Å². The highest BCUT2D eigenvalue weighted by Gasteiger charge is 2.19. The zero-order valence-electron chi connectivity index (χ0n) is 10.1. The molecule has 0 bridgehead atoms. The zero-order chi connectivity index (χ0) is 15.0. The molecule has 0 saturated heterocycles.